The molecule has 0 aliphatic heterocycles. The molecule has 0 saturated carbocycles. The van der Waals surface area contributed by atoms with Crippen molar-refractivity contribution in [1.82, 2.24) is 0 Å². The van der Waals surface area contributed by atoms with Crippen LogP contribution in [0.25, 0.3) is 22.6 Å². The topological polar surface area (TPSA) is 39.4 Å². The SMILES string of the molecule is C/C(=C\c1ccccc1)c1oc2ccc(Cl)cc2c(=O)c1OCc1ccccc1. The van der Waals surface area contributed by atoms with Crippen LogP contribution in [0.15, 0.2) is 88.1 Å². The minimum atomic E-state index is -0.236. The molecule has 4 heteroatoms. The molecular weight excluding hydrogens is 384 g/mol. The molecule has 0 N–H and O–H groups in total. The van der Waals surface area contributed by atoms with Crippen molar-refractivity contribution in [3.8, 4) is 5.75 Å². The van der Waals surface area contributed by atoms with E-state index in [1.807, 2.05) is 73.7 Å². The number of benzene rings is 3. The normalized spacial score (nSPS) is 11.6. The molecule has 0 unspecified atom stereocenters. The lowest BCUT2D eigenvalue weighted by atomic mass is 10.1. The number of hydrogen-bond acceptors (Lipinski definition) is 3. The lowest BCUT2D eigenvalue weighted by Crippen LogP contribution is -2.11. The number of ether oxygens (including phenoxy) is 1. The maximum absolute atomic E-state index is 13.2. The molecule has 1 heterocycles. The highest BCUT2D eigenvalue weighted by atomic mass is 35.5. The lowest BCUT2D eigenvalue weighted by molar-refractivity contribution is 0.293. The van der Waals surface area contributed by atoms with Crippen LogP contribution in [-0.2, 0) is 6.61 Å². The van der Waals surface area contributed by atoms with Crippen molar-refractivity contribution in [2.45, 2.75) is 13.5 Å². The van der Waals surface area contributed by atoms with Crippen LogP contribution in [-0.4, -0.2) is 0 Å². The monoisotopic (exact) mass is 402 g/mol. The summed E-state index contributed by atoms with van der Waals surface area (Å²) in [7, 11) is 0. The maximum Gasteiger partial charge on any atom is 0.235 e. The summed E-state index contributed by atoms with van der Waals surface area (Å²) in [6.45, 7) is 2.17. The third-order valence-electron chi connectivity index (χ3n) is 4.58. The van der Waals surface area contributed by atoms with E-state index >= 15 is 0 Å². The fourth-order valence-corrected chi connectivity index (χ4v) is 3.31. The first-order valence-electron chi connectivity index (χ1n) is 9.28. The third kappa shape index (κ3) is 4.25. The molecule has 3 nitrogen and oxygen atoms in total. The van der Waals surface area contributed by atoms with Crippen molar-refractivity contribution in [3.05, 3.63) is 111 Å². The van der Waals surface area contributed by atoms with Gasteiger partial charge in [0.1, 0.15) is 12.2 Å². The molecule has 3 aromatic carbocycles. The number of allylic oxidation sites excluding steroid dienone is 1. The van der Waals surface area contributed by atoms with Gasteiger partial charge in [0.05, 0.1) is 5.39 Å². The first-order valence-corrected chi connectivity index (χ1v) is 9.66. The summed E-state index contributed by atoms with van der Waals surface area (Å²) >= 11 is 6.09. The summed E-state index contributed by atoms with van der Waals surface area (Å²) in [6, 6.07) is 24.6. The molecule has 0 fully saturated rings. The van der Waals surface area contributed by atoms with Gasteiger partial charge in [-0.25, -0.2) is 0 Å². The fraction of sp³-hybridized carbons (Fsp3) is 0.0800. The van der Waals surface area contributed by atoms with Crippen molar-refractivity contribution in [3.63, 3.8) is 0 Å². The Morgan fingerprint density at radius 3 is 2.41 bits per heavy atom. The number of rotatable bonds is 5. The molecule has 0 spiro atoms. The quantitative estimate of drug-likeness (QED) is 0.378. The Hall–Kier alpha value is -3.30. The highest BCUT2D eigenvalue weighted by molar-refractivity contribution is 6.31. The Labute approximate surface area is 173 Å². The smallest absolute Gasteiger partial charge is 0.235 e. The first-order chi connectivity index (χ1) is 14.1. The molecular formula is C25H19ClO3. The van der Waals surface area contributed by atoms with Gasteiger partial charge in [-0.1, -0.05) is 72.3 Å². The standard InChI is InChI=1S/C25H19ClO3/c1-17(14-18-8-4-2-5-9-18)24-25(28-16-19-10-6-3-7-11-19)23(27)21-15-20(26)12-13-22(21)29-24/h2-15H,16H2,1H3/b17-14+. The highest BCUT2D eigenvalue weighted by Crippen LogP contribution is 2.30. The van der Waals surface area contributed by atoms with Crippen molar-refractivity contribution in [2.24, 2.45) is 0 Å². The number of hydrogen-bond donors (Lipinski definition) is 0. The van der Waals surface area contributed by atoms with Crippen molar-refractivity contribution < 1.29 is 9.15 Å². The molecule has 0 amide bonds. The van der Waals surface area contributed by atoms with E-state index in [0.717, 1.165) is 16.7 Å². The van der Waals surface area contributed by atoms with Crippen LogP contribution in [0.4, 0.5) is 0 Å². The third-order valence-corrected chi connectivity index (χ3v) is 4.81. The van der Waals surface area contributed by atoms with Crippen LogP contribution >= 0.6 is 11.6 Å². The van der Waals surface area contributed by atoms with Gasteiger partial charge in [-0.15, -0.1) is 0 Å². The highest BCUT2D eigenvalue weighted by Gasteiger charge is 2.18. The van der Waals surface area contributed by atoms with Gasteiger partial charge in [0.25, 0.3) is 0 Å². The Balaban J connectivity index is 1.83. The number of halogens is 1. The average Bonchev–Trinajstić information content (AvgIpc) is 2.75. The zero-order valence-electron chi connectivity index (χ0n) is 15.9. The van der Waals surface area contributed by atoms with Crippen LogP contribution in [0.2, 0.25) is 5.02 Å². The second kappa shape index (κ2) is 8.38. The predicted octanol–water partition coefficient (Wildman–Crippen LogP) is 6.59. The molecule has 4 aromatic rings. The van der Waals surface area contributed by atoms with Crippen LogP contribution < -0.4 is 10.2 Å². The predicted molar refractivity (Wildman–Crippen MR) is 118 cm³/mol. The van der Waals surface area contributed by atoms with E-state index in [9.17, 15) is 4.79 Å². The zero-order chi connectivity index (χ0) is 20.2. The largest absolute Gasteiger partial charge is 0.481 e. The van der Waals surface area contributed by atoms with Gasteiger partial charge in [0.2, 0.25) is 11.2 Å². The van der Waals surface area contributed by atoms with E-state index < -0.39 is 0 Å². The van der Waals surface area contributed by atoms with Crippen LogP contribution in [0.3, 0.4) is 0 Å². The molecule has 4 rings (SSSR count). The minimum absolute atomic E-state index is 0.188. The lowest BCUT2D eigenvalue weighted by Gasteiger charge is -2.12. The van der Waals surface area contributed by atoms with E-state index in [1.54, 1.807) is 18.2 Å². The summed E-state index contributed by atoms with van der Waals surface area (Å²) in [5.74, 6) is 0.609. The molecule has 0 saturated heterocycles. The fourth-order valence-electron chi connectivity index (χ4n) is 3.14. The minimum Gasteiger partial charge on any atom is -0.481 e. The molecule has 29 heavy (non-hydrogen) atoms. The van der Waals surface area contributed by atoms with Crippen molar-refractivity contribution >= 4 is 34.2 Å². The Morgan fingerprint density at radius 2 is 1.69 bits per heavy atom. The van der Waals surface area contributed by atoms with E-state index in [-0.39, 0.29) is 17.8 Å². The van der Waals surface area contributed by atoms with E-state index in [2.05, 4.69) is 0 Å². The van der Waals surface area contributed by atoms with Crippen molar-refractivity contribution in [1.29, 1.82) is 0 Å². The van der Waals surface area contributed by atoms with Crippen LogP contribution in [0, 0.1) is 0 Å². The Morgan fingerprint density at radius 1 is 1.00 bits per heavy atom. The Kier molecular flexibility index (Phi) is 5.50. The van der Waals surface area contributed by atoms with Gasteiger partial charge >= 0.3 is 0 Å². The summed E-state index contributed by atoms with van der Waals surface area (Å²) in [4.78, 5) is 13.2. The van der Waals surface area contributed by atoms with Gasteiger partial charge in [-0.2, -0.15) is 0 Å². The Bertz CT molecular complexity index is 1230. The summed E-state index contributed by atoms with van der Waals surface area (Å²) in [5, 5.41) is 0.875. The summed E-state index contributed by atoms with van der Waals surface area (Å²) in [6.07, 6.45) is 1.97. The van der Waals surface area contributed by atoms with E-state index in [0.29, 0.717) is 21.8 Å². The molecule has 0 radical (unpaired) electrons. The summed E-state index contributed by atoms with van der Waals surface area (Å²) < 4.78 is 12.1. The van der Waals surface area contributed by atoms with E-state index in [4.69, 9.17) is 20.8 Å². The molecule has 0 bridgehead atoms. The second-order valence-electron chi connectivity index (χ2n) is 6.74. The number of fused-ring (bicyclic) bond motifs is 1. The zero-order valence-corrected chi connectivity index (χ0v) is 16.6. The van der Waals surface area contributed by atoms with Gasteiger partial charge < -0.3 is 9.15 Å². The van der Waals surface area contributed by atoms with Gasteiger partial charge in [0.15, 0.2) is 5.76 Å². The van der Waals surface area contributed by atoms with Crippen molar-refractivity contribution in [2.75, 3.05) is 0 Å². The van der Waals surface area contributed by atoms with Gasteiger partial charge in [-0.05, 0) is 47.9 Å². The van der Waals surface area contributed by atoms with E-state index in [1.165, 1.54) is 0 Å². The van der Waals surface area contributed by atoms with Crippen LogP contribution in [0.1, 0.15) is 23.8 Å². The average molecular weight is 403 g/mol. The molecule has 1 aromatic heterocycles. The maximum atomic E-state index is 13.2. The molecule has 144 valence electrons. The first kappa shape index (κ1) is 19.0. The summed E-state index contributed by atoms with van der Waals surface area (Å²) in [5.41, 5.74) is 3.02. The van der Waals surface area contributed by atoms with Gasteiger partial charge in [-0.3, -0.25) is 4.79 Å². The van der Waals surface area contributed by atoms with Crippen LogP contribution in [0.5, 0.6) is 5.75 Å². The molecule has 0 aliphatic rings. The second-order valence-corrected chi connectivity index (χ2v) is 7.18. The molecule has 0 aliphatic carbocycles. The molecule has 0 atom stereocenters. The van der Waals surface area contributed by atoms with Gasteiger partial charge in [0, 0.05) is 5.02 Å².